The number of phosphoric ester groups is 2. The second-order valence-corrected chi connectivity index (χ2v) is 25.8. The molecule has 0 radical (unpaired) electrons. The number of hydrogen-bond donors (Lipinski definition) is 3. The zero-order chi connectivity index (χ0) is 60.1. The molecule has 0 heterocycles. The molecule has 0 bridgehead atoms. The minimum absolute atomic E-state index is 0.103. The van der Waals surface area contributed by atoms with Crippen molar-refractivity contribution in [2.24, 2.45) is 11.8 Å². The number of rotatable bonds is 61. The third-order valence-corrected chi connectivity index (χ3v) is 16.8. The van der Waals surface area contributed by atoms with Crippen molar-refractivity contribution in [3.05, 3.63) is 0 Å². The first kappa shape index (κ1) is 79.1. The average Bonchev–Trinajstić information content (AvgIpc) is 3.45. The molecule has 81 heavy (non-hydrogen) atoms. The van der Waals surface area contributed by atoms with Crippen molar-refractivity contribution < 1.29 is 80.2 Å². The second kappa shape index (κ2) is 54.7. The second-order valence-electron chi connectivity index (χ2n) is 22.9. The van der Waals surface area contributed by atoms with Gasteiger partial charge in [-0.25, -0.2) is 9.13 Å². The Hall–Kier alpha value is -1.94. The smallest absolute Gasteiger partial charge is 0.462 e. The lowest BCUT2D eigenvalue weighted by Gasteiger charge is -2.21. The number of phosphoric acid groups is 2. The standard InChI is InChI=1S/C62H120O17P2/c1-7-11-13-15-17-19-20-21-26-33-39-45-60(65)73-50-57(78-61(66)46-40-34-27-23-22-24-30-36-42-54(5)9-3)52-76-80(68,69)74-48-56(63)49-75-81(70,71)77-53-58(51-72-59(64)44-38-32-25-18-16-14-12-8-2)79-62(67)47-41-35-29-28-31-37-43-55(6)10-4/h54-58,63H,7-53H2,1-6H3,(H,68,69)(H,70,71)/t54?,55?,56-,57-,58-/m1/s1. The minimum Gasteiger partial charge on any atom is -0.462 e. The number of carbonyl (C=O) groups excluding carboxylic acids is 4. The number of unbranched alkanes of at least 4 members (excludes halogenated alkanes) is 29. The van der Waals surface area contributed by atoms with E-state index in [2.05, 4.69) is 41.5 Å². The fourth-order valence-corrected chi connectivity index (χ4v) is 10.7. The first-order valence-electron chi connectivity index (χ1n) is 32.6. The minimum atomic E-state index is -4.94. The van der Waals surface area contributed by atoms with Gasteiger partial charge in [-0.1, -0.05) is 253 Å². The van der Waals surface area contributed by atoms with Crippen LogP contribution in [-0.2, 0) is 65.4 Å². The molecule has 4 unspecified atom stereocenters. The molecule has 0 aliphatic rings. The van der Waals surface area contributed by atoms with E-state index in [4.69, 9.17) is 37.0 Å². The van der Waals surface area contributed by atoms with Gasteiger partial charge < -0.3 is 33.8 Å². The van der Waals surface area contributed by atoms with Crippen molar-refractivity contribution in [1.82, 2.24) is 0 Å². The zero-order valence-electron chi connectivity index (χ0n) is 52.1. The van der Waals surface area contributed by atoms with Crippen LogP contribution in [0.15, 0.2) is 0 Å². The normalized spacial score (nSPS) is 15.0. The first-order valence-corrected chi connectivity index (χ1v) is 35.6. The highest BCUT2D eigenvalue weighted by atomic mass is 31.2. The summed E-state index contributed by atoms with van der Waals surface area (Å²) in [5.41, 5.74) is 0. The van der Waals surface area contributed by atoms with E-state index in [0.717, 1.165) is 108 Å². The third-order valence-electron chi connectivity index (χ3n) is 14.9. The van der Waals surface area contributed by atoms with Crippen LogP contribution in [0.25, 0.3) is 0 Å². The molecule has 0 aliphatic heterocycles. The largest absolute Gasteiger partial charge is 0.472 e. The van der Waals surface area contributed by atoms with E-state index in [1.54, 1.807) is 0 Å². The topological polar surface area (TPSA) is 237 Å². The lowest BCUT2D eigenvalue weighted by atomic mass is 9.99. The van der Waals surface area contributed by atoms with Crippen molar-refractivity contribution in [3.8, 4) is 0 Å². The lowest BCUT2D eigenvalue weighted by Crippen LogP contribution is -2.30. The molecule has 0 rings (SSSR count). The molecule has 0 aromatic carbocycles. The Morgan fingerprint density at radius 1 is 0.346 bits per heavy atom. The van der Waals surface area contributed by atoms with Crippen molar-refractivity contribution in [2.75, 3.05) is 39.6 Å². The molecule has 0 aliphatic carbocycles. The number of esters is 4. The zero-order valence-corrected chi connectivity index (χ0v) is 53.9. The molecule has 0 fully saturated rings. The molecule has 0 aromatic heterocycles. The van der Waals surface area contributed by atoms with E-state index >= 15 is 0 Å². The molecule has 0 spiro atoms. The molecule has 17 nitrogen and oxygen atoms in total. The summed E-state index contributed by atoms with van der Waals surface area (Å²) >= 11 is 0. The van der Waals surface area contributed by atoms with Gasteiger partial charge in [0.15, 0.2) is 12.2 Å². The highest BCUT2D eigenvalue weighted by Gasteiger charge is 2.30. The fourth-order valence-electron chi connectivity index (χ4n) is 9.11. The molecule has 19 heteroatoms. The predicted octanol–water partition coefficient (Wildman–Crippen LogP) is 16.9. The van der Waals surface area contributed by atoms with E-state index < -0.39 is 97.5 Å². The summed E-state index contributed by atoms with van der Waals surface area (Å²) < 4.78 is 67.9. The van der Waals surface area contributed by atoms with E-state index in [1.165, 1.54) is 116 Å². The van der Waals surface area contributed by atoms with Crippen LogP contribution < -0.4 is 0 Å². The van der Waals surface area contributed by atoms with Crippen LogP contribution in [0.3, 0.4) is 0 Å². The summed E-state index contributed by atoms with van der Waals surface area (Å²) in [6.45, 7) is 9.40. The molecular formula is C62H120O17P2. The molecule has 0 amide bonds. The molecular weight excluding hydrogens is 1080 g/mol. The van der Waals surface area contributed by atoms with Gasteiger partial charge in [0.1, 0.15) is 19.3 Å². The van der Waals surface area contributed by atoms with Crippen molar-refractivity contribution in [2.45, 2.75) is 323 Å². The third kappa shape index (κ3) is 54.5. The monoisotopic (exact) mass is 1200 g/mol. The summed E-state index contributed by atoms with van der Waals surface area (Å²) in [4.78, 5) is 72.0. The van der Waals surface area contributed by atoms with Gasteiger partial charge in [-0.3, -0.25) is 37.3 Å². The Labute approximate surface area is 492 Å². The Bertz CT molecular complexity index is 1600. The number of ether oxygens (including phenoxy) is 4. The maximum Gasteiger partial charge on any atom is 0.472 e. The van der Waals surface area contributed by atoms with Gasteiger partial charge in [0.05, 0.1) is 26.4 Å². The van der Waals surface area contributed by atoms with Crippen LogP contribution in [0, 0.1) is 11.8 Å². The van der Waals surface area contributed by atoms with Gasteiger partial charge >= 0.3 is 39.5 Å². The Morgan fingerprint density at radius 3 is 0.877 bits per heavy atom. The molecule has 0 saturated heterocycles. The highest BCUT2D eigenvalue weighted by molar-refractivity contribution is 7.47. The first-order chi connectivity index (χ1) is 38.9. The van der Waals surface area contributed by atoms with Crippen molar-refractivity contribution in [1.29, 1.82) is 0 Å². The van der Waals surface area contributed by atoms with E-state index in [9.17, 15) is 43.2 Å². The van der Waals surface area contributed by atoms with Crippen LogP contribution >= 0.6 is 15.6 Å². The van der Waals surface area contributed by atoms with Gasteiger partial charge in [-0.15, -0.1) is 0 Å². The maximum absolute atomic E-state index is 13.0. The Balaban J connectivity index is 5.25. The molecule has 3 N–H and O–H groups in total. The van der Waals surface area contributed by atoms with E-state index in [0.29, 0.717) is 25.7 Å². The highest BCUT2D eigenvalue weighted by Crippen LogP contribution is 2.45. The fraction of sp³-hybridized carbons (Fsp3) is 0.935. The summed E-state index contributed by atoms with van der Waals surface area (Å²) in [7, 11) is -9.88. The van der Waals surface area contributed by atoms with Crippen molar-refractivity contribution >= 4 is 39.5 Å². The summed E-state index contributed by atoms with van der Waals surface area (Å²) in [5.74, 6) is -0.652. The van der Waals surface area contributed by atoms with Crippen molar-refractivity contribution in [3.63, 3.8) is 0 Å². The number of carbonyl (C=O) groups is 4. The van der Waals surface area contributed by atoms with E-state index in [1.807, 2.05) is 0 Å². The summed E-state index contributed by atoms with van der Waals surface area (Å²) in [6.07, 6.45) is 36.2. The Kier molecular flexibility index (Phi) is 53.4. The van der Waals surface area contributed by atoms with E-state index in [-0.39, 0.29) is 25.7 Å². The van der Waals surface area contributed by atoms with Crippen LogP contribution in [0.2, 0.25) is 0 Å². The van der Waals surface area contributed by atoms with Gasteiger partial charge in [-0.2, -0.15) is 0 Å². The van der Waals surface area contributed by atoms with Crippen LogP contribution in [-0.4, -0.2) is 96.7 Å². The maximum atomic E-state index is 13.0. The number of hydrogen-bond acceptors (Lipinski definition) is 15. The lowest BCUT2D eigenvalue weighted by molar-refractivity contribution is -0.161. The predicted molar refractivity (Wildman–Crippen MR) is 321 cm³/mol. The van der Waals surface area contributed by atoms with Gasteiger partial charge in [0.2, 0.25) is 0 Å². The summed E-state index contributed by atoms with van der Waals surface area (Å²) in [6, 6.07) is 0. The summed E-state index contributed by atoms with van der Waals surface area (Å²) in [5, 5.41) is 10.5. The average molecular weight is 1200 g/mol. The number of aliphatic hydroxyl groups is 1. The van der Waals surface area contributed by atoms with Crippen LogP contribution in [0.1, 0.15) is 305 Å². The van der Waals surface area contributed by atoms with Crippen LogP contribution in [0.4, 0.5) is 0 Å². The van der Waals surface area contributed by atoms with Gasteiger partial charge in [0.25, 0.3) is 0 Å². The molecule has 480 valence electrons. The van der Waals surface area contributed by atoms with Crippen LogP contribution in [0.5, 0.6) is 0 Å². The molecule has 0 aromatic rings. The van der Waals surface area contributed by atoms with Gasteiger partial charge in [-0.05, 0) is 37.5 Å². The molecule has 7 atom stereocenters. The molecule has 0 saturated carbocycles. The number of aliphatic hydroxyl groups excluding tert-OH is 1. The SMILES string of the molecule is CCCCCCCCCCCCCC(=O)OC[C@H](COP(=O)(O)OC[C@@H](O)COP(=O)(O)OC[C@@H](COC(=O)CCCCCCCCCC)OC(=O)CCCCCCCCC(C)CC)OC(=O)CCCCCCCCCCC(C)CC. The Morgan fingerprint density at radius 2 is 0.593 bits per heavy atom. The van der Waals surface area contributed by atoms with Gasteiger partial charge in [0, 0.05) is 25.7 Å². The quantitative estimate of drug-likeness (QED) is 0.0222.